The van der Waals surface area contributed by atoms with Gasteiger partial charge in [-0.3, -0.25) is 15.6 Å². The van der Waals surface area contributed by atoms with Crippen LogP contribution < -0.4 is 10.9 Å². The highest BCUT2D eigenvalue weighted by atomic mass is 35.5. The summed E-state index contributed by atoms with van der Waals surface area (Å²) in [5, 5.41) is 1.46. The van der Waals surface area contributed by atoms with Gasteiger partial charge in [0.25, 0.3) is 0 Å². The molecule has 0 saturated heterocycles. The number of aromatic nitrogens is 2. The molecule has 0 aliphatic carbocycles. The maximum atomic E-state index is 12.2. The van der Waals surface area contributed by atoms with Gasteiger partial charge in [0, 0.05) is 16.0 Å². The van der Waals surface area contributed by atoms with Gasteiger partial charge in [-0.15, -0.1) is 0 Å². The Bertz CT molecular complexity index is 1120. The first-order chi connectivity index (χ1) is 13.7. The lowest BCUT2D eigenvalue weighted by Gasteiger charge is -2.11. The number of amides is 1. The number of carbonyl (C=O) groups is 1. The van der Waals surface area contributed by atoms with Crippen molar-refractivity contribution in [3.05, 3.63) is 89.4 Å². The van der Waals surface area contributed by atoms with E-state index in [2.05, 4.69) is 20.8 Å². The van der Waals surface area contributed by atoms with Crippen LogP contribution in [0.15, 0.2) is 78.9 Å². The first-order valence-corrected chi connectivity index (χ1v) is 9.18. The Kier molecular flexibility index (Phi) is 5.17. The summed E-state index contributed by atoms with van der Waals surface area (Å²) in [4.78, 5) is 21.3. The Morgan fingerprint density at radius 1 is 0.893 bits per heavy atom. The fraction of sp³-hybridized carbons (Fsp3) is 0.0455. The number of nitrogens with zero attached hydrogens (tertiary/aromatic N) is 2. The number of hydrazine groups is 1. The number of rotatable bonds is 5. The second kappa shape index (κ2) is 8.06. The summed E-state index contributed by atoms with van der Waals surface area (Å²) in [5.41, 5.74) is 8.84. The highest BCUT2D eigenvalue weighted by Crippen LogP contribution is 2.29. The van der Waals surface area contributed by atoms with Crippen LogP contribution >= 0.6 is 11.6 Å². The molecule has 138 valence electrons. The average molecular weight is 389 g/mol. The molecule has 3 aromatic carbocycles. The van der Waals surface area contributed by atoms with Crippen LogP contribution in [-0.2, 0) is 11.2 Å². The fourth-order valence-corrected chi connectivity index (χ4v) is 3.10. The quantitative estimate of drug-likeness (QED) is 0.489. The monoisotopic (exact) mass is 388 g/mol. The molecule has 4 aromatic rings. The van der Waals surface area contributed by atoms with Crippen molar-refractivity contribution in [1.29, 1.82) is 0 Å². The zero-order chi connectivity index (χ0) is 19.3. The molecule has 0 fully saturated rings. The van der Waals surface area contributed by atoms with Gasteiger partial charge in [0.1, 0.15) is 0 Å². The largest absolute Gasteiger partial charge is 0.273 e. The molecule has 28 heavy (non-hydrogen) atoms. The first-order valence-electron chi connectivity index (χ1n) is 8.80. The van der Waals surface area contributed by atoms with Crippen molar-refractivity contribution >= 4 is 34.4 Å². The van der Waals surface area contributed by atoms with Crippen LogP contribution in [-0.4, -0.2) is 15.9 Å². The lowest BCUT2D eigenvalue weighted by Crippen LogP contribution is -2.31. The fourth-order valence-electron chi connectivity index (χ4n) is 2.92. The summed E-state index contributed by atoms with van der Waals surface area (Å²) < 4.78 is 0. The smallest absolute Gasteiger partial charge is 0.242 e. The molecule has 1 heterocycles. The zero-order valence-electron chi connectivity index (χ0n) is 14.9. The number of carbonyl (C=O) groups excluding carboxylic acids is 1. The van der Waals surface area contributed by atoms with Crippen LogP contribution in [0, 0.1) is 0 Å². The van der Waals surface area contributed by atoms with Crippen molar-refractivity contribution in [3.8, 4) is 11.3 Å². The Morgan fingerprint density at radius 3 is 2.36 bits per heavy atom. The molecule has 0 unspecified atom stereocenters. The van der Waals surface area contributed by atoms with E-state index in [4.69, 9.17) is 11.6 Å². The van der Waals surface area contributed by atoms with Crippen molar-refractivity contribution in [2.45, 2.75) is 6.42 Å². The van der Waals surface area contributed by atoms with Gasteiger partial charge in [-0.05, 0) is 23.8 Å². The maximum Gasteiger partial charge on any atom is 0.242 e. The number of hydrogen-bond acceptors (Lipinski definition) is 4. The highest BCUT2D eigenvalue weighted by Gasteiger charge is 2.11. The molecular weight excluding hydrogens is 372 g/mol. The molecule has 0 radical (unpaired) electrons. The molecule has 2 N–H and O–H groups in total. The predicted molar refractivity (Wildman–Crippen MR) is 112 cm³/mol. The van der Waals surface area contributed by atoms with Gasteiger partial charge in [-0.25, -0.2) is 9.97 Å². The van der Waals surface area contributed by atoms with E-state index in [-0.39, 0.29) is 12.3 Å². The molecule has 1 amide bonds. The minimum atomic E-state index is -0.174. The Hall–Kier alpha value is -3.44. The summed E-state index contributed by atoms with van der Waals surface area (Å²) >= 11 is 6.17. The van der Waals surface area contributed by atoms with E-state index < -0.39 is 0 Å². The average Bonchev–Trinajstić information content (AvgIpc) is 2.73. The lowest BCUT2D eigenvalue weighted by atomic mass is 10.1. The van der Waals surface area contributed by atoms with Crippen molar-refractivity contribution < 1.29 is 4.79 Å². The summed E-state index contributed by atoms with van der Waals surface area (Å²) in [6.07, 6.45) is 0.266. The molecule has 5 nitrogen and oxygen atoms in total. The second-order valence-electron chi connectivity index (χ2n) is 6.26. The van der Waals surface area contributed by atoms with Gasteiger partial charge in [0.2, 0.25) is 11.9 Å². The van der Waals surface area contributed by atoms with E-state index in [9.17, 15) is 4.79 Å². The van der Waals surface area contributed by atoms with Gasteiger partial charge in [0.05, 0.1) is 17.6 Å². The van der Waals surface area contributed by atoms with Crippen LogP contribution in [0.25, 0.3) is 22.2 Å². The lowest BCUT2D eigenvalue weighted by molar-refractivity contribution is -0.119. The van der Waals surface area contributed by atoms with Crippen LogP contribution in [0.2, 0.25) is 5.02 Å². The number of nitrogens with one attached hydrogen (secondary N) is 2. The molecule has 1 aromatic heterocycles. The van der Waals surface area contributed by atoms with E-state index in [1.54, 1.807) is 6.07 Å². The van der Waals surface area contributed by atoms with Crippen molar-refractivity contribution in [2.24, 2.45) is 0 Å². The SMILES string of the molecule is O=C(Cc1ccccc1)NNc1nc(-c2ccccc2)c2cc(Cl)ccc2n1. The normalized spacial score (nSPS) is 10.6. The number of anilines is 1. The van der Waals surface area contributed by atoms with E-state index in [1.165, 1.54) is 0 Å². The molecule has 6 heteroatoms. The minimum Gasteiger partial charge on any atom is -0.273 e. The second-order valence-corrected chi connectivity index (χ2v) is 6.70. The van der Waals surface area contributed by atoms with E-state index in [1.807, 2.05) is 72.8 Å². The topological polar surface area (TPSA) is 66.9 Å². The molecule has 0 bridgehead atoms. The van der Waals surface area contributed by atoms with Crippen LogP contribution in [0.3, 0.4) is 0 Å². The van der Waals surface area contributed by atoms with Crippen molar-refractivity contribution in [3.63, 3.8) is 0 Å². The summed E-state index contributed by atoms with van der Waals surface area (Å²) in [6.45, 7) is 0. The molecule has 0 atom stereocenters. The highest BCUT2D eigenvalue weighted by molar-refractivity contribution is 6.31. The van der Waals surface area contributed by atoms with Gasteiger partial charge in [0.15, 0.2) is 0 Å². The van der Waals surface area contributed by atoms with Gasteiger partial charge in [-0.2, -0.15) is 0 Å². The van der Waals surface area contributed by atoms with E-state index in [0.29, 0.717) is 11.0 Å². The van der Waals surface area contributed by atoms with Crippen LogP contribution in [0.5, 0.6) is 0 Å². The number of benzene rings is 3. The number of halogens is 1. The van der Waals surface area contributed by atoms with E-state index >= 15 is 0 Å². The molecule has 0 aliphatic heterocycles. The molecule has 0 spiro atoms. The van der Waals surface area contributed by atoms with Gasteiger partial charge < -0.3 is 0 Å². The summed E-state index contributed by atoms with van der Waals surface area (Å²) in [7, 11) is 0. The number of fused-ring (bicyclic) bond motifs is 1. The van der Waals surface area contributed by atoms with Crippen LogP contribution in [0.4, 0.5) is 5.95 Å². The third kappa shape index (κ3) is 4.10. The zero-order valence-corrected chi connectivity index (χ0v) is 15.6. The Morgan fingerprint density at radius 2 is 1.61 bits per heavy atom. The van der Waals surface area contributed by atoms with Crippen LogP contribution in [0.1, 0.15) is 5.56 Å². The molecular formula is C22H17ClN4O. The van der Waals surface area contributed by atoms with Gasteiger partial charge >= 0.3 is 0 Å². The Labute approximate surface area is 167 Å². The van der Waals surface area contributed by atoms with Crippen molar-refractivity contribution in [1.82, 2.24) is 15.4 Å². The van der Waals surface area contributed by atoms with Gasteiger partial charge in [-0.1, -0.05) is 72.3 Å². The predicted octanol–water partition coefficient (Wildman–Crippen LogP) is 4.64. The Balaban J connectivity index is 1.61. The van der Waals surface area contributed by atoms with E-state index in [0.717, 1.165) is 27.7 Å². The van der Waals surface area contributed by atoms with Crippen molar-refractivity contribution in [2.75, 3.05) is 5.43 Å². The molecule has 0 saturated carbocycles. The summed E-state index contributed by atoms with van der Waals surface area (Å²) in [5.74, 6) is 0.141. The summed E-state index contributed by atoms with van der Waals surface area (Å²) in [6, 6.07) is 24.8. The standard InChI is InChI=1S/C22H17ClN4O/c23-17-11-12-19-18(14-17)21(16-9-5-2-6-10-16)25-22(24-19)27-26-20(28)13-15-7-3-1-4-8-15/h1-12,14H,13H2,(H,26,28)(H,24,25,27). The molecule has 0 aliphatic rings. The first kappa shape index (κ1) is 17.9. The molecule has 4 rings (SSSR count). The number of hydrogen-bond donors (Lipinski definition) is 2. The maximum absolute atomic E-state index is 12.2. The third-order valence-corrected chi connectivity index (χ3v) is 4.46. The minimum absolute atomic E-state index is 0.174. The third-order valence-electron chi connectivity index (χ3n) is 4.23.